The van der Waals surface area contributed by atoms with Crippen LogP contribution in [0.4, 0.5) is 0 Å². The predicted molar refractivity (Wildman–Crippen MR) is 66.1 cm³/mol. The van der Waals surface area contributed by atoms with Crippen LogP contribution in [0.2, 0.25) is 0 Å². The Morgan fingerprint density at radius 3 is 2.56 bits per heavy atom. The Kier molecular flexibility index (Phi) is 3.15. The molecule has 2 aromatic rings. The van der Waals surface area contributed by atoms with Crippen molar-refractivity contribution in [3.8, 4) is 0 Å². The molecule has 0 spiro atoms. The third kappa shape index (κ3) is 2.19. The number of hydrogen-bond acceptors (Lipinski definition) is 3. The Morgan fingerprint density at radius 2 is 2.00 bits per heavy atom. The molecule has 0 bridgehead atoms. The van der Waals surface area contributed by atoms with Crippen LogP contribution in [-0.4, -0.2) is 10.8 Å². The van der Waals surface area contributed by atoms with Gasteiger partial charge in [-0.05, 0) is 30.5 Å². The summed E-state index contributed by atoms with van der Waals surface area (Å²) in [6, 6.07) is 6.11. The molecule has 0 radical (unpaired) electrons. The minimum atomic E-state index is 0.153. The van der Waals surface area contributed by atoms with E-state index in [1.165, 1.54) is 22.5 Å². The van der Waals surface area contributed by atoms with E-state index < -0.39 is 0 Å². The lowest BCUT2D eigenvalue weighted by Gasteiger charge is -2.07. The highest BCUT2D eigenvalue weighted by atomic mass is 32.1. The van der Waals surface area contributed by atoms with E-state index in [1.54, 1.807) is 11.7 Å². The number of ketones is 1. The zero-order valence-electron chi connectivity index (χ0n) is 9.36. The fraction of sp³-hybridized carbons (Fsp3) is 0.231. The second kappa shape index (κ2) is 4.58. The largest absolute Gasteiger partial charge is 0.293 e. The van der Waals surface area contributed by atoms with E-state index in [4.69, 9.17) is 0 Å². The number of carbonyl (C=O) groups is 1. The lowest BCUT2D eigenvalue weighted by molar-refractivity contribution is 0.0996. The van der Waals surface area contributed by atoms with E-state index >= 15 is 0 Å². The Morgan fingerprint density at radius 1 is 1.31 bits per heavy atom. The molecule has 0 N–H and O–H groups in total. The second-order valence-corrected chi connectivity index (χ2v) is 4.72. The molecule has 0 aliphatic rings. The van der Waals surface area contributed by atoms with Crippen LogP contribution in [0, 0.1) is 13.8 Å². The first kappa shape index (κ1) is 11.0. The first-order chi connectivity index (χ1) is 7.68. The zero-order valence-corrected chi connectivity index (χ0v) is 10.2. The Balaban J connectivity index is 2.25. The van der Waals surface area contributed by atoms with E-state index in [0.717, 1.165) is 10.4 Å². The van der Waals surface area contributed by atoms with Crippen LogP contribution in [0.1, 0.15) is 26.4 Å². The summed E-state index contributed by atoms with van der Waals surface area (Å²) in [6.45, 7) is 4.09. The Bertz CT molecular complexity index is 482. The average molecular weight is 231 g/mol. The molecule has 1 aromatic heterocycles. The van der Waals surface area contributed by atoms with Crippen molar-refractivity contribution < 1.29 is 4.79 Å². The first-order valence-electron chi connectivity index (χ1n) is 5.15. The monoisotopic (exact) mass is 231 g/mol. The topological polar surface area (TPSA) is 30.0 Å². The van der Waals surface area contributed by atoms with Gasteiger partial charge in [0.15, 0.2) is 5.78 Å². The van der Waals surface area contributed by atoms with Crippen molar-refractivity contribution in [2.24, 2.45) is 0 Å². The molecule has 3 heteroatoms. The number of aromatic nitrogens is 1. The van der Waals surface area contributed by atoms with Crippen LogP contribution in [0.25, 0.3) is 0 Å². The van der Waals surface area contributed by atoms with Crippen molar-refractivity contribution in [1.82, 2.24) is 4.98 Å². The Labute approximate surface area is 99.0 Å². The normalized spacial score (nSPS) is 10.4. The van der Waals surface area contributed by atoms with Gasteiger partial charge in [0.1, 0.15) is 0 Å². The summed E-state index contributed by atoms with van der Waals surface area (Å²) in [6.07, 6.45) is 2.11. The highest BCUT2D eigenvalue weighted by Gasteiger charge is 2.11. The maximum Gasteiger partial charge on any atom is 0.178 e. The fourth-order valence-electron chi connectivity index (χ4n) is 1.73. The van der Waals surface area contributed by atoms with Crippen LogP contribution in [0.5, 0.6) is 0 Å². The van der Waals surface area contributed by atoms with E-state index in [9.17, 15) is 4.79 Å². The van der Waals surface area contributed by atoms with Crippen molar-refractivity contribution in [1.29, 1.82) is 0 Å². The minimum absolute atomic E-state index is 0.153. The number of hydrogen-bond donors (Lipinski definition) is 0. The predicted octanol–water partition coefficient (Wildman–Crippen LogP) is 3.19. The maximum absolute atomic E-state index is 12.0. The fourth-order valence-corrected chi connectivity index (χ4v) is 2.29. The number of Topliss-reactive ketones (excluding diaryl/α,β-unsaturated/α-hetero) is 1. The molecule has 2 nitrogen and oxygen atoms in total. The summed E-state index contributed by atoms with van der Waals surface area (Å²) >= 11 is 1.40. The highest BCUT2D eigenvalue weighted by Crippen LogP contribution is 2.17. The molecule has 0 amide bonds. The van der Waals surface area contributed by atoms with Gasteiger partial charge < -0.3 is 0 Å². The number of carbonyl (C=O) groups excluding carboxylic acids is 1. The standard InChI is InChI=1S/C13H13NOS/c1-9-4-3-5-10(2)11(9)6-12(15)13-7-14-8-16-13/h3-5,7-8H,6H2,1-2H3. The van der Waals surface area contributed by atoms with Crippen LogP contribution in [0.15, 0.2) is 29.9 Å². The number of benzene rings is 1. The summed E-state index contributed by atoms with van der Waals surface area (Å²) in [5.41, 5.74) is 5.19. The van der Waals surface area contributed by atoms with Crippen molar-refractivity contribution in [2.45, 2.75) is 20.3 Å². The molecule has 1 heterocycles. The number of aryl methyl sites for hydroxylation is 2. The van der Waals surface area contributed by atoms with Crippen LogP contribution in [-0.2, 0) is 6.42 Å². The van der Waals surface area contributed by atoms with Crippen molar-refractivity contribution in [2.75, 3.05) is 0 Å². The molecule has 1 aromatic carbocycles. The molecule has 82 valence electrons. The minimum Gasteiger partial charge on any atom is -0.293 e. The summed E-state index contributed by atoms with van der Waals surface area (Å²) < 4.78 is 0. The van der Waals surface area contributed by atoms with Gasteiger partial charge in [-0.1, -0.05) is 18.2 Å². The highest BCUT2D eigenvalue weighted by molar-refractivity contribution is 7.11. The van der Waals surface area contributed by atoms with E-state index in [0.29, 0.717) is 6.42 Å². The molecule has 0 unspecified atom stereocenters. The van der Waals surface area contributed by atoms with Gasteiger partial charge in [-0.15, -0.1) is 11.3 Å². The number of rotatable bonds is 3. The van der Waals surface area contributed by atoms with Crippen molar-refractivity contribution in [3.05, 3.63) is 51.5 Å². The third-order valence-electron chi connectivity index (χ3n) is 2.69. The Hall–Kier alpha value is -1.48. The van der Waals surface area contributed by atoms with Gasteiger partial charge in [0.25, 0.3) is 0 Å². The second-order valence-electron chi connectivity index (χ2n) is 3.84. The first-order valence-corrected chi connectivity index (χ1v) is 6.03. The summed E-state index contributed by atoms with van der Waals surface area (Å²) in [7, 11) is 0. The molecule has 0 aliphatic heterocycles. The molecule has 0 atom stereocenters. The summed E-state index contributed by atoms with van der Waals surface area (Å²) in [4.78, 5) is 16.6. The zero-order chi connectivity index (χ0) is 11.5. The van der Waals surface area contributed by atoms with Gasteiger partial charge in [0.2, 0.25) is 0 Å². The smallest absolute Gasteiger partial charge is 0.178 e. The number of nitrogens with zero attached hydrogens (tertiary/aromatic N) is 1. The van der Waals surface area contributed by atoms with E-state index in [2.05, 4.69) is 4.98 Å². The van der Waals surface area contributed by atoms with Crippen LogP contribution in [0.3, 0.4) is 0 Å². The lowest BCUT2D eigenvalue weighted by Crippen LogP contribution is -2.04. The van der Waals surface area contributed by atoms with Crippen molar-refractivity contribution >= 4 is 17.1 Å². The van der Waals surface area contributed by atoms with E-state index in [-0.39, 0.29) is 5.78 Å². The molecule has 0 saturated heterocycles. The summed E-state index contributed by atoms with van der Waals surface area (Å²) in [5.74, 6) is 0.153. The van der Waals surface area contributed by atoms with E-state index in [1.807, 2.05) is 32.0 Å². The van der Waals surface area contributed by atoms with Gasteiger partial charge in [-0.2, -0.15) is 0 Å². The molecule has 0 fully saturated rings. The molecular weight excluding hydrogens is 218 g/mol. The third-order valence-corrected chi connectivity index (χ3v) is 3.50. The van der Waals surface area contributed by atoms with Crippen LogP contribution < -0.4 is 0 Å². The van der Waals surface area contributed by atoms with Gasteiger partial charge in [-0.3, -0.25) is 9.78 Å². The molecular formula is C13H13NOS. The van der Waals surface area contributed by atoms with Crippen LogP contribution >= 0.6 is 11.3 Å². The molecule has 2 rings (SSSR count). The van der Waals surface area contributed by atoms with Gasteiger partial charge in [-0.25, -0.2) is 0 Å². The quantitative estimate of drug-likeness (QED) is 0.759. The number of thiazole rings is 1. The molecule has 0 aliphatic carbocycles. The lowest BCUT2D eigenvalue weighted by atomic mass is 9.98. The molecule has 0 saturated carbocycles. The molecule has 16 heavy (non-hydrogen) atoms. The average Bonchev–Trinajstić information content (AvgIpc) is 2.76. The SMILES string of the molecule is Cc1cccc(C)c1CC(=O)c1cncs1. The summed E-state index contributed by atoms with van der Waals surface area (Å²) in [5, 5.41) is 0. The van der Waals surface area contributed by atoms with Gasteiger partial charge in [0, 0.05) is 12.6 Å². The maximum atomic E-state index is 12.0. The van der Waals surface area contributed by atoms with Gasteiger partial charge >= 0.3 is 0 Å². The van der Waals surface area contributed by atoms with Gasteiger partial charge in [0.05, 0.1) is 10.4 Å². The van der Waals surface area contributed by atoms with Crippen molar-refractivity contribution in [3.63, 3.8) is 0 Å².